The third-order valence-corrected chi connectivity index (χ3v) is 4.64. The van der Waals surface area contributed by atoms with Gasteiger partial charge in [-0.15, -0.1) is 11.6 Å². The van der Waals surface area contributed by atoms with Crippen LogP contribution in [0.5, 0.6) is 11.5 Å². The number of hydrogen-bond donors (Lipinski definition) is 4. The van der Waals surface area contributed by atoms with Crippen LogP contribution >= 0.6 is 11.6 Å². The second-order valence-electron chi connectivity index (χ2n) is 7.76. The maximum absolute atomic E-state index is 10.6. The van der Waals surface area contributed by atoms with Gasteiger partial charge >= 0.3 is 0 Å². The molecule has 232 valence electrons. The molecule has 0 aliphatic heterocycles. The number of rotatable bonds is 12. The molecule has 0 amide bonds. The Kier molecular flexibility index (Phi) is 5.98. The first kappa shape index (κ1) is 12.5. The minimum atomic E-state index is -3.82. The maximum Gasteiger partial charge on any atom is 0.119 e. The van der Waals surface area contributed by atoms with Crippen molar-refractivity contribution >= 4 is 11.6 Å². The molecule has 0 fully saturated rings. The van der Waals surface area contributed by atoms with Gasteiger partial charge in [0.1, 0.15) is 36.8 Å². The van der Waals surface area contributed by atoms with Crippen LogP contribution in [-0.2, 0) is 13.1 Å². The topological polar surface area (TPSA) is 97.0 Å². The fourth-order valence-electron chi connectivity index (χ4n) is 2.68. The van der Waals surface area contributed by atoms with Crippen LogP contribution in [0.2, 0.25) is 0 Å². The van der Waals surface area contributed by atoms with Crippen LogP contribution in [0.4, 0.5) is 0 Å². The van der Waals surface area contributed by atoms with E-state index < -0.39 is 135 Å². The largest absolute Gasteiger partial charge is 0.491 e. The lowest BCUT2D eigenvalue weighted by atomic mass is 10.1. The number of nitrogens with two attached hydrogens (primary N) is 1. The molecule has 0 aliphatic rings. The van der Waals surface area contributed by atoms with E-state index in [1.54, 1.807) is 30.3 Å². The summed E-state index contributed by atoms with van der Waals surface area (Å²) >= 11 is 5.16. The molecule has 43 heavy (non-hydrogen) atoms. The number of halogens is 1. The minimum absolute atomic E-state index is 0.238. The fourth-order valence-corrected chi connectivity index (χ4v) is 2.72. The van der Waals surface area contributed by atoms with Gasteiger partial charge in [0.15, 0.2) is 0 Å². The first-order chi connectivity index (χ1) is 31.7. The van der Waals surface area contributed by atoms with Crippen LogP contribution in [-0.4, -0.2) is 47.8 Å². The van der Waals surface area contributed by atoms with E-state index in [1.807, 2.05) is 30.3 Å². The van der Waals surface area contributed by atoms with Gasteiger partial charge in [-0.3, -0.25) is 0 Å². The Morgan fingerprint density at radius 1 is 0.767 bits per heavy atom. The van der Waals surface area contributed by atoms with E-state index in [0.717, 1.165) is 0 Å². The molecule has 0 aliphatic carbocycles. The molecule has 2 atom stereocenters. The summed E-state index contributed by atoms with van der Waals surface area (Å²) in [6.07, 6.45) is -7.58. The third-order valence-electron chi connectivity index (χ3n) is 4.46. The van der Waals surface area contributed by atoms with E-state index in [1.165, 1.54) is 5.56 Å². The second kappa shape index (κ2) is 20.5. The van der Waals surface area contributed by atoms with Crippen LogP contribution in [0.25, 0.3) is 0 Å². The van der Waals surface area contributed by atoms with Crippen LogP contribution in [0, 0.1) is 27.4 Å². The molecule has 4 aromatic rings. The Bertz CT molecular complexity index is 2370. The fraction of sp³-hybridized carbons (Fsp3) is 0.333. The molecule has 0 saturated heterocycles. The van der Waals surface area contributed by atoms with Crippen molar-refractivity contribution in [3.8, 4) is 11.5 Å². The molecular weight excluding hydrogens is 560 g/mol. The average molecular weight is 635 g/mol. The average Bonchev–Trinajstić information content (AvgIpc) is 3.18. The van der Waals surface area contributed by atoms with Crippen molar-refractivity contribution in [2.45, 2.75) is 52.7 Å². The van der Waals surface area contributed by atoms with E-state index in [9.17, 15) is 10.2 Å². The molecular formula is C36H47ClN2O4. The highest BCUT2D eigenvalue weighted by molar-refractivity contribution is 6.18. The first-order valence-electron chi connectivity index (χ1n) is 26.0. The number of hydrogen-bond acceptors (Lipinski definition) is 6. The van der Waals surface area contributed by atoms with Crippen molar-refractivity contribution in [1.29, 1.82) is 0 Å². The van der Waals surface area contributed by atoms with Gasteiger partial charge in [0.2, 0.25) is 0 Å². The van der Waals surface area contributed by atoms with Gasteiger partial charge in [-0.05, 0) is 85.0 Å². The predicted molar refractivity (Wildman–Crippen MR) is 178 cm³/mol. The molecule has 6 nitrogen and oxygen atoms in total. The Morgan fingerprint density at radius 3 is 1.60 bits per heavy atom. The zero-order valence-corrected chi connectivity index (χ0v) is 23.1. The molecule has 0 radical (unpaired) electrons. The van der Waals surface area contributed by atoms with Crippen LogP contribution in [0.3, 0.4) is 0 Å². The lowest BCUT2D eigenvalue weighted by Gasteiger charge is -2.14. The first-order valence-corrected chi connectivity index (χ1v) is 12.4. The van der Waals surface area contributed by atoms with Crippen molar-refractivity contribution in [2.75, 3.05) is 25.4 Å². The van der Waals surface area contributed by atoms with E-state index in [0.29, 0.717) is 12.1 Å². The highest BCUT2D eigenvalue weighted by atomic mass is 35.5. The van der Waals surface area contributed by atoms with E-state index in [-0.39, 0.29) is 6.54 Å². The van der Waals surface area contributed by atoms with Gasteiger partial charge in [0.25, 0.3) is 0 Å². The van der Waals surface area contributed by atoms with Crippen molar-refractivity contribution in [2.24, 2.45) is 5.73 Å². The highest BCUT2D eigenvalue weighted by Crippen LogP contribution is 2.17. The number of benzene rings is 4. The molecule has 0 bridgehead atoms. The second-order valence-corrected chi connectivity index (χ2v) is 7.95. The lowest BCUT2D eigenvalue weighted by Crippen LogP contribution is -2.31. The summed E-state index contributed by atoms with van der Waals surface area (Å²) in [7, 11) is 0. The van der Waals surface area contributed by atoms with Gasteiger partial charge in [-0.1, -0.05) is 72.7 Å². The molecule has 4 rings (SSSR count). The summed E-state index contributed by atoms with van der Waals surface area (Å²) in [6, 6.07) is 11.0. The molecule has 4 aromatic carbocycles. The van der Waals surface area contributed by atoms with Crippen molar-refractivity contribution in [1.82, 2.24) is 5.32 Å². The smallest absolute Gasteiger partial charge is 0.119 e. The minimum Gasteiger partial charge on any atom is -0.491 e. The zero-order valence-electron chi connectivity index (χ0n) is 50.4. The number of aliphatic hydroxyl groups is 2. The monoisotopic (exact) mass is 634 g/mol. The van der Waals surface area contributed by atoms with Gasteiger partial charge in [-0.2, -0.15) is 0 Å². The van der Waals surface area contributed by atoms with Gasteiger partial charge in [0.05, 0.1) is 22.3 Å². The van der Waals surface area contributed by atoms with Crippen LogP contribution < -0.4 is 20.5 Å². The van der Waals surface area contributed by atoms with Gasteiger partial charge < -0.3 is 30.7 Å². The van der Waals surface area contributed by atoms with Gasteiger partial charge in [0, 0.05) is 41.5 Å². The molecule has 5 N–H and O–H groups in total. The van der Waals surface area contributed by atoms with Crippen LogP contribution in [0.15, 0.2) is 96.9 Å². The molecule has 2 unspecified atom stereocenters. The normalized spacial score (nSPS) is 25.2. The Hall–Kier alpha value is -3.39. The maximum atomic E-state index is 10.6. The number of alkyl halides is 1. The summed E-state index contributed by atoms with van der Waals surface area (Å²) in [5.41, 5.74) is 2.50. The van der Waals surface area contributed by atoms with Gasteiger partial charge in [-0.25, -0.2) is 0 Å². The van der Waals surface area contributed by atoms with E-state index in [2.05, 4.69) is 10.1 Å². The van der Waals surface area contributed by atoms with E-state index in [4.69, 9.17) is 60.5 Å². The van der Waals surface area contributed by atoms with Crippen molar-refractivity contribution in [3.05, 3.63) is 130 Å². The third kappa shape index (κ3) is 16.1. The Morgan fingerprint density at radius 2 is 1.21 bits per heavy atom. The Balaban J connectivity index is 0.000000427. The van der Waals surface area contributed by atoms with Crippen molar-refractivity contribution < 1.29 is 58.1 Å². The number of nitrogens with one attached hydrogen (secondary N) is 1. The Labute approximate surface area is 301 Å². The summed E-state index contributed by atoms with van der Waals surface area (Å²) in [5, 5.41) is 22.6. The zero-order chi connectivity index (χ0) is 55.7. The number of ether oxygens (including phenoxy) is 2. The van der Waals surface area contributed by atoms with Crippen molar-refractivity contribution in [3.63, 3.8) is 0 Å². The molecule has 7 heteroatoms. The standard InChI is InChI=1S/C18H23NO2.C11H15ClO2.C7H9N/c1-14-8-15(2)10-18(9-14)21-13-17(20)12-19-11-16-6-4-3-5-7-16;1-8-3-9(2)5-11(4-8)14-7-10(13)6-12;8-6-7-4-2-1-3-5-7/h3-10,17,19-20H,11-13H2,1-2H3;3-5,10,13H,6-7H2,1-2H3;1-5H,6,8H2/i1D3,2D3,8D,9D,10D,12D2,13D2,17D;1D3,2D3,3D,4D,5D,6D2,7D2,10D;. The lowest BCUT2D eigenvalue weighted by molar-refractivity contribution is 0.106. The van der Waals surface area contributed by atoms with E-state index >= 15 is 0 Å². The summed E-state index contributed by atoms with van der Waals surface area (Å²) in [5.74, 6) is -6.01. The summed E-state index contributed by atoms with van der Waals surface area (Å²) in [4.78, 5) is 0. The molecule has 0 spiro atoms. The quantitative estimate of drug-likeness (QED) is 0.137. The SMILES string of the molecule is NCc1ccccc1.[2H]c1c(OC([2H])([2H])C([2H])(O)C([2H])([2H])Cl)c([2H])c(C([2H])([2H])[2H])c([2H])c1C([2H])([2H])[2H].[2H]c1c(OC([2H])([2H])C([2H])(O)C([2H])([2H])NCc2ccccc2)c([2H])c(C([2H])([2H])[2H])c([2H])c1C([2H])([2H])[2H]. The molecule has 0 heterocycles. The molecule has 0 saturated carbocycles. The molecule has 0 aromatic heterocycles. The summed E-state index contributed by atoms with van der Waals surface area (Å²) in [6.45, 7) is -23.2. The highest BCUT2D eigenvalue weighted by Gasteiger charge is 2.06. The predicted octanol–water partition coefficient (Wildman–Crippen LogP) is 6.26. The summed E-state index contributed by atoms with van der Waals surface area (Å²) < 4.78 is 224. The van der Waals surface area contributed by atoms with Crippen LogP contribution in [0.1, 0.15) is 71.8 Å².